The summed E-state index contributed by atoms with van der Waals surface area (Å²) in [4.78, 5) is 25.8. The molecule has 3 rings (SSSR count). The van der Waals surface area contributed by atoms with Crippen LogP contribution in [0.2, 0.25) is 0 Å². The van der Waals surface area contributed by atoms with Gasteiger partial charge in [-0.1, -0.05) is 29.3 Å². The first-order chi connectivity index (χ1) is 14.4. The number of aryl methyl sites for hydroxylation is 2. The van der Waals surface area contributed by atoms with Crippen molar-refractivity contribution in [2.75, 3.05) is 17.6 Å². The predicted molar refractivity (Wildman–Crippen MR) is 118 cm³/mol. The third kappa shape index (κ3) is 4.74. The summed E-state index contributed by atoms with van der Waals surface area (Å²) in [6.45, 7) is 6.91. The maximum atomic E-state index is 13.4. The van der Waals surface area contributed by atoms with Gasteiger partial charge in [-0.25, -0.2) is 8.42 Å². The van der Waals surface area contributed by atoms with Crippen LogP contribution in [-0.4, -0.2) is 39.1 Å². The fourth-order valence-corrected chi connectivity index (χ4v) is 5.14. The Balaban J connectivity index is 1.99. The third-order valence-electron chi connectivity index (χ3n) is 5.50. The molecule has 7 nitrogen and oxygen atoms in total. The lowest BCUT2D eigenvalue weighted by molar-refractivity contribution is -0.157. The zero-order valence-electron chi connectivity index (χ0n) is 18.3. The van der Waals surface area contributed by atoms with Gasteiger partial charge in [0.15, 0.2) is 5.78 Å². The molecule has 2 aromatic carbocycles. The van der Waals surface area contributed by atoms with Crippen molar-refractivity contribution in [2.24, 2.45) is 11.3 Å². The lowest BCUT2D eigenvalue weighted by Crippen LogP contribution is -2.53. The second-order valence-electron chi connectivity index (χ2n) is 8.47. The van der Waals surface area contributed by atoms with E-state index in [9.17, 15) is 18.0 Å². The van der Waals surface area contributed by atoms with Crippen LogP contribution in [0.3, 0.4) is 0 Å². The number of sulfonamides is 1. The van der Waals surface area contributed by atoms with Crippen molar-refractivity contribution in [1.82, 2.24) is 0 Å². The largest absolute Gasteiger partial charge is 0.488 e. The summed E-state index contributed by atoms with van der Waals surface area (Å²) in [6.07, 6.45) is -1.02. The molecule has 0 fully saturated rings. The molecule has 0 amide bonds. The van der Waals surface area contributed by atoms with E-state index in [0.717, 1.165) is 11.1 Å². The van der Waals surface area contributed by atoms with Crippen molar-refractivity contribution in [3.05, 3.63) is 59.2 Å². The number of Topliss-reactive ketones (excluding diaryl/α,β-unsaturated/α-hetero) is 1. The fraction of sp³-hybridized carbons (Fsp3) is 0.391. The normalized spacial score (nSPS) is 18.7. The zero-order valence-corrected chi connectivity index (χ0v) is 19.1. The predicted octanol–water partition coefficient (Wildman–Crippen LogP) is 3.50. The fourth-order valence-electron chi connectivity index (χ4n) is 3.77. The van der Waals surface area contributed by atoms with E-state index in [4.69, 9.17) is 9.47 Å². The first-order valence-corrected chi connectivity index (χ1v) is 11.6. The molecule has 0 aliphatic carbocycles. The van der Waals surface area contributed by atoms with Crippen molar-refractivity contribution in [3.8, 4) is 5.75 Å². The van der Waals surface area contributed by atoms with E-state index in [1.807, 2.05) is 13.8 Å². The quantitative estimate of drug-likeness (QED) is 0.684. The lowest BCUT2D eigenvalue weighted by atomic mass is 9.75. The summed E-state index contributed by atoms with van der Waals surface area (Å²) in [5.41, 5.74) is 1.30. The van der Waals surface area contributed by atoms with Gasteiger partial charge in [-0.3, -0.25) is 14.3 Å². The van der Waals surface area contributed by atoms with Gasteiger partial charge >= 0.3 is 5.97 Å². The standard InChI is InChI=1S/C23H27NO6S/c1-14-6-9-16(10-7-14)24-31(27,28)13-18-20(25)17-12-15(2)8-11-19(17)30-21(18)23(3,4)22(26)29-5/h6-12,18,21,24H,13H2,1-5H3. The number of hydrogen-bond acceptors (Lipinski definition) is 6. The third-order valence-corrected chi connectivity index (χ3v) is 6.85. The number of esters is 1. The average Bonchev–Trinajstić information content (AvgIpc) is 2.71. The zero-order chi connectivity index (χ0) is 23.0. The van der Waals surface area contributed by atoms with Crippen LogP contribution in [0, 0.1) is 25.2 Å². The van der Waals surface area contributed by atoms with Crippen LogP contribution < -0.4 is 9.46 Å². The minimum atomic E-state index is -3.92. The maximum absolute atomic E-state index is 13.4. The summed E-state index contributed by atoms with van der Waals surface area (Å²) in [7, 11) is -2.67. The number of hydrogen-bond donors (Lipinski definition) is 1. The van der Waals surface area contributed by atoms with Crippen LogP contribution >= 0.6 is 0 Å². The Morgan fingerprint density at radius 1 is 1.10 bits per heavy atom. The van der Waals surface area contributed by atoms with E-state index in [1.165, 1.54) is 7.11 Å². The number of fused-ring (bicyclic) bond motifs is 1. The second-order valence-corrected chi connectivity index (χ2v) is 10.2. The van der Waals surface area contributed by atoms with Gasteiger partial charge in [0.1, 0.15) is 11.9 Å². The minimum absolute atomic E-state index is 0.312. The Morgan fingerprint density at radius 2 is 1.71 bits per heavy atom. The molecule has 1 heterocycles. The molecule has 8 heteroatoms. The van der Waals surface area contributed by atoms with E-state index in [1.54, 1.807) is 56.3 Å². The first-order valence-electron chi connectivity index (χ1n) is 9.91. The van der Waals surface area contributed by atoms with Gasteiger partial charge < -0.3 is 9.47 Å². The van der Waals surface area contributed by atoms with Crippen molar-refractivity contribution in [3.63, 3.8) is 0 Å². The number of ether oxygens (including phenoxy) is 2. The van der Waals surface area contributed by atoms with Crippen molar-refractivity contribution >= 4 is 27.5 Å². The van der Waals surface area contributed by atoms with Gasteiger partial charge in [0.05, 0.1) is 29.8 Å². The van der Waals surface area contributed by atoms with Gasteiger partial charge in [-0.05, 0) is 52.0 Å². The molecule has 0 radical (unpaired) electrons. The molecule has 1 N–H and O–H groups in total. The van der Waals surface area contributed by atoms with Crippen LogP contribution in [0.1, 0.15) is 35.3 Å². The molecule has 1 aliphatic rings. The van der Waals surface area contributed by atoms with E-state index in [0.29, 0.717) is 17.0 Å². The smallest absolute Gasteiger partial charge is 0.315 e. The van der Waals surface area contributed by atoms with Gasteiger partial charge in [-0.15, -0.1) is 0 Å². The second kappa shape index (κ2) is 8.34. The number of methoxy groups -OCH3 is 1. The van der Waals surface area contributed by atoms with E-state index in [2.05, 4.69) is 4.72 Å². The summed E-state index contributed by atoms with van der Waals surface area (Å²) < 4.78 is 39.4. The molecular weight excluding hydrogens is 418 g/mol. The van der Waals surface area contributed by atoms with Crippen molar-refractivity contribution < 1.29 is 27.5 Å². The summed E-state index contributed by atoms with van der Waals surface area (Å²) >= 11 is 0. The first kappa shape index (κ1) is 22.8. The Morgan fingerprint density at radius 3 is 2.32 bits per heavy atom. The Labute approximate surface area is 182 Å². The lowest BCUT2D eigenvalue weighted by Gasteiger charge is -2.40. The molecule has 166 valence electrons. The monoisotopic (exact) mass is 445 g/mol. The topological polar surface area (TPSA) is 98.8 Å². The summed E-state index contributed by atoms with van der Waals surface area (Å²) in [6, 6.07) is 12.0. The van der Waals surface area contributed by atoms with Crippen LogP contribution in [0.15, 0.2) is 42.5 Å². The van der Waals surface area contributed by atoms with Crippen LogP contribution in [0.25, 0.3) is 0 Å². The number of ketones is 1. The molecule has 2 atom stereocenters. The molecule has 0 aromatic heterocycles. The number of rotatable bonds is 6. The highest BCUT2D eigenvalue weighted by Crippen LogP contribution is 2.40. The Hall–Kier alpha value is -2.87. The van der Waals surface area contributed by atoms with E-state index < -0.39 is 39.2 Å². The number of carbonyl (C=O) groups excluding carboxylic acids is 2. The van der Waals surface area contributed by atoms with Crippen molar-refractivity contribution in [2.45, 2.75) is 33.8 Å². The highest BCUT2D eigenvalue weighted by atomic mass is 32.2. The summed E-state index contributed by atoms with van der Waals surface area (Å²) in [5.74, 6) is -2.25. The Bertz CT molecular complexity index is 1110. The molecule has 31 heavy (non-hydrogen) atoms. The minimum Gasteiger partial charge on any atom is -0.488 e. The molecule has 0 saturated carbocycles. The average molecular weight is 446 g/mol. The molecule has 0 bridgehead atoms. The highest BCUT2D eigenvalue weighted by Gasteiger charge is 2.51. The number of nitrogens with one attached hydrogen (secondary N) is 1. The van der Waals surface area contributed by atoms with Crippen LogP contribution in [0.4, 0.5) is 5.69 Å². The molecular formula is C23H27NO6S. The summed E-state index contributed by atoms with van der Waals surface area (Å²) in [5, 5.41) is 0. The van der Waals surface area contributed by atoms with Gasteiger partial charge in [-0.2, -0.15) is 0 Å². The van der Waals surface area contributed by atoms with Gasteiger partial charge in [0.25, 0.3) is 0 Å². The van der Waals surface area contributed by atoms with Crippen LogP contribution in [0.5, 0.6) is 5.75 Å². The number of carbonyl (C=O) groups is 2. The molecule has 2 aromatic rings. The highest BCUT2D eigenvalue weighted by molar-refractivity contribution is 7.92. The maximum Gasteiger partial charge on any atom is 0.315 e. The molecule has 0 saturated heterocycles. The van der Waals surface area contributed by atoms with Gasteiger partial charge in [0.2, 0.25) is 10.0 Å². The number of anilines is 1. The molecule has 1 aliphatic heterocycles. The number of benzene rings is 2. The van der Waals surface area contributed by atoms with E-state index >= 15 is 0 Å². The van der Waals surface area contributed by atoms with Crippen LogP contribution in [-0.2, 0) is 19.6 Å². The van der Waals surface area contributed by atoms with Gasteiger partial charge in [0, 0.05) is 5.69 Å². The molecule has 2 unspecified atom stereocenters. The Kier molecular flexibility index (Phi) is 6.14. The molecule has 0 spiro atoms. The SMILES string of the molecule is COC(=O)C(C)(C)C1Oc2ccc(C)cc2C(=O)C1CS(=O)(=O)Nc1ccc(C)cc1. The van der Waals surface area contributed by atoms with E-state index in [-0.39, 0.29) is 5.78 Å². The van der Waals surface area contributed by atoms with Crippen molar-refractivity contribution in [1.29, 1.82) is 0 Å².